The van der Waals surface area contributed by atoms with E-state index in [0.29, 0.717) is 26.1 Å². The summed E-state index contributed by atoms with van der Waals surface area (Å²) < 4.78 is 64.3. The molecule has 0 unspecified atom stereocenters. The average molecular weight is 322 g/mol. The topological polar surface area (TPSA) is 49.4 Å². The highest BCUT2D eigenvalue weighted by Gasteiger charge is 2.33. The van der Waals surface area contributed by atoms with Crippen LogP contribution < -0.4 is 5.32 Å². The summed E-state index contributed by atoms with van der Waals surface area (Å²) in [6, 6.07) is 2.74. The summed E-state index contributed by atoms with van der Waals surface area (Å²) in [4.78, 5) is -0.0580. The highest BCUT2D eigenvalue weighted by molar-refractivity contribution is 7.89. The minimum Gasteiger partial charge on any atom is -0.315 e. The van der Waals surface area contributed by atoms with Crippen LogP contribution in [0, 0.1) is 6.92 Å². The van der Waals surface area contributed by atoms with Crippen molar-refractivity contribution in [3.8, 4) is 0 Å². The molecular formula is C13H17F3N2O2S. The summed E-state index contributed by atoms with van der Waals surface area (Å²) in [6.07, 6.45) is -3.79. The van der Waals surface area contributed by atoms with Gasteiger partial charge in [-0.25, -0.2) is 8.42 Å². The van der Waals surface area contributed by atoms with Crippen LogP contribution in [0.4, 0.5) is 13.2 Å². The molecule has 2 rings (SSSR count). The minimum atomic E-state index is -4.47. The molecule has 1 N–H and O–H groups in total. The molecule has 4 nitrogen and oxygen atoms in total. The second kappa shape index (κ2) is 5.94. The van der Waals surface area contributed by atoms with Crippen LogP contribution in [0.5, 0.6) is 0 Å². The Bertz CT molecular complexity index is 606. The van der Waals surface area contributed by atoms with E-state index >= 15 is 0 Å². The summed E-state index contributed by atoms with van der Waals surface area (Å²) in [7, 11) is -3.75. The third-order valence-electron chi connectivity index (χ3n) is 3.42. The van der Waals surface area contributed by atoms with Gasteiger partial charge >= 0.3 is 6.18 Å². The molecule has 1 aliphatic rings. The predicted octanol–water partition coefficient (Wildman–Crippen LogP) is 2.00. The summed E-state index contributed by atoms with van der Waals surface area (Å²) in [5.74, 6) is 0. The van der Waals surface area contributed by atoms with E-state index in [9.17, 15) is 21.6 Å². The van der Waals surface area contributed by atoms with Gasteiger partial charge in [0.05, 0.1) is 10.5 Å². The maximum absolute atomic E-state index is 12.6. The number of alkyl halides is 3. The first-order valence-electron chi connectivity index (χ1n) is 6.61. The van der Waals surface area contributed by atoms with Crippen LogP contribution >= 0.6 is 0 Å². The summed E-state index contributed by atoms with van der Waals surface area (Å²) in [5, 5.41) is 3.09. The molecule has 0 spiro atoms. The molecule has 1 aliphatic heterocycles. The second-order valence-electron chi connectivity index (χ2n) is 4.99. The van der Waals surface area contributed by atoms with E-state index in [4.69, 9.17) is 0 Å². The van der Waals surface area contributed by atoms with Crippen LogP contribution in [-0.2, 0) is 16.2 Å². The van der Waals surface area contributed by atoms with Crippen LogP contribution in [0.2, 0.25) is 0 Å². The molecule has 1 heterocycles. The Kier molecular flexibility index (Phi) is 4.60. The maximum Gasteiger partial charge on any atom is 0.416 e. The largest absolute Gasteiger partial charge is 0.416 e. The highest BCUT2D eigenvalue weighted by atomic mass is 32.2. The Morgan fingerprint density at radius 3 is 2.52 bits per heavy atom. The van der Waals surface area contributed by atoms with E-state index in [1.165, 1.54) is 11.2 Å². The smallest absolute Gasteiger partial charge is 0.315 e. The van der Waals surface area contributed by atoms with Crippen molar-refractivity contribution in [3.05, 3.63) is 29.3 Å². The lowest BCUT2D eigenvalue weighted by Crippen LogP contribution is -2.34. The van der Waals surface area contributed by atoms with Gasteiger partial charge in [-0.3, -0.25) is 0 Å². The van der Waals surface area contributed by atoms with Gasteiger partial charge in [0.1, 0.15) is 0 Å². The van der Waals surface area contributed by atoms with Gasteiger partial charge in [-0.1, -0.05) is 0 Å². The van der Waals surface area contributed by atoms with Gasteiger partial charge in [0.2, 0.25) is 10.0 Å². The zero-order valence-corrected chi connectivity index (χ0v) is 12.4. The minimum absolute atomic E-state index is 0.0580. The lowest BCUT2D eigenvalue weighted by atomic mass is 10.1. The molecule has 0 bridgehead atoms. The Morgan fingerprint density at radius 2 is 1.90 bits per heavy atom. The molecule has 1 aromatic carbocycles. The zero-order chi connectivity index (χ0) is 15.7. The molecule has 0 atom stereocenters. The molecule has 8 heteroatoms. The van der Waals surface area contributed by atoms with Crippen LogP contribution in [0.1, 0.15) is 17.5 Å². The van der Waals surface area contributed by atoms with Crippen LogP contribution in [0.15, 0.2) is 23.1 Å². The number of hydrogen-bond acceptors (Lipinski definition) is 3. The lowest BCUT2D eigenvalue weighted by molar-refractivity contribution is -0.137. The number of halogens is 3. The van der Waals surface area contributed by atoms with Crippen molar-refractivity contribution < 1.29 is 21.6 Å². The zero-order valence-electron chi connectivity index (χ0n) is 11.6. The van der Waals surface area contributed by atoms with E-state index in [0.717, 1.165) is 24.7 Å². The maximum atomic E-state index is 12.6. The van der Waals surface area contributed by atoms with Gasteiger partial charge in [-0.05, 0) is 43.7 Å². The summed E-state index contributed by atoms with van der Waals surface area (Å²) in [6.45, 7) is 3.35. The van der Waals surface area contributed by atoms with Gasteiger partial charge in [0.25, 0.3) is 0 Å². The molecule has 0 amide bonds. The fraction of sp³-hybridized carbons (Fsp3) is 0.538. The first-order valence-corrected chi connectivity index (χ1v) is 8.05. The number of sulfonamides is 1. The van der Waals surface area contributed by atoms with Gasteiger partial charge < -0.3 is 5.32 Å². The number of nitrogens with zero attached hydrogens (tertiary/aromatic N) is 1. The standard InChI is InChI=1S/C13H17F3N2O2S/c1-10-9-11(13(14,15)16)3-4-12(10)21(19,20)18-7-2-5-17-6-8-18/h3-4,9,17H,2,5-8H2,1H3. The highest BCUT2D eigenvalue weighted by Crippen LogP contribution is 2.32. The molecule has 0 aromatic heterocycles. The van der Waals surface area contributed by atoms with Gasteiger partial charge in [-0.15, -0.1) is 0 Å². The molecule has 1 fully saturated rings. The fourth-order valence-corrected chi connectivity index (χ4v) is 4.00. The molecule has 1 aromatic rings. The molecule has 0 aliphatic carbocycles. The summed E-state index contributed by atoms with van der Waals surface area (Å²) >= 11 is 0. The van der Waals surface area contributed by atoms with Crippen LogP contribution in [0.3, 0.4) is 0 Å². The SMILES string of the molecule is Cc1cc(C(F)(F)F)ccc1S(=O)(=O)N1CCCNCC1. The predicted molar refractivity (Wildman–Crippen MR) is 72.4 cm³/mol. The van der Waals surface area contributed by atoms with Crippen molar-refractivity contribution in [2.24, 2.45) is 0 Å². The van der Waals surface area contributed by atoms with Crippen LogP contribution in [-0.4, -0.2) is 38.9 Å². The lowest BCUT2D eigenvalue weighted by Gasteiger charge is -2.21. The Labute approximate surface area is 122 Å². The van der Waals surface area contributed by atoms with E-state index in [1.807, 2.05) is 0 Å². The third-order valence-corrected chi connectivity index (χ3v) is 5.48. The van der Waals surface area contributed by atoms with Gasteiger partial charge in [-0.2, -0.15) is 17.5 Å². The monoisotopic (exact) mass is 322 g/mol. The average Bonchev–Trinajstić information content (AvgIpc) is 2.66. The first kappa shape index (κ1) is 16.3. The molecule has 21 heavy (non-hydrogen) atoms. The van der Waals surface area contributed by atoms with E-state index in [-0.39, 0.29) is 10.5 Å². The number of aryl methyl sites for hydroxylation is 1. The normalized spacial score (nSPS) is 18.5. The summed E-state index contributed by atoms with van der Waals surface area (Å²) in [5.41, 5.74) is -0.724. The Hall–Kier alpha value is -1.12. The number of benzene rings is 1. The van der Waals surface area contributed by atoms with Crippen LogP contribution in [0.25, 0.3) is 0 Å². The molecule has 0 radical (unpaired) electrons. The van der Waals surface area contributed by atoms with Gasteiger partial charge in [0, 0.05) is 19.6 Å². The van der Waals surface area contributed by atoms with E-state index in [1.54, 1.807) is 0 Å². The Morgan fingerprint density at radius 1 is 1.19 bits per heavy atom. The van der Waals surface area contributed by atoms with Crippen molar-refractivity contribution in [3.63, 3.8) is 0 Å². The third kappa shape index (κ3) is 3.56. The quantitative estimate of drug-likeness (QED) is 0.906. The molecular weight excluding hydrogens is 305 g/mol. The van der Waals surface area contributed by atoms with Crippen molar-refractivity contribution in [1.82, 2.24) is 9.62 Å². The molecule has 0 saturated carbocycles. The second-order valence-corrected chi connectivity index (χ2v) is 6.89. The molecule has 118 valence electrons. The van der Waals surface area contributed by atoms with Gasteiger partial charge in [0.15, 0.2) is 0 Å². The van der Waals surface area contributed by atoms with Crippen molar-refractivity contribution in [2.75, 3.05) is 26.2 Å². The molecule has 1 saturated heterocycles. The van der Waals surface area contributed by atoms with Crippen molar-refractivity contribution in [1.29, 1.82) is 0 Å². The number of hydrogen-bond donors (Lipinski definition) is 1. The van der Waals surface area contributed by atoms with Crippen molar-refractivity contribution >= 4 is 10.0 Å². The first-order chi connectivity index (χ1) is 9.73. The fourth-order valence-electron chi connectivity index (χ4n) is 2.32. The Balaban J connectivity index is 2.36. The van der Waals surface area contributed by atoms with Crippen molar-refractivity contribution in [2.45, 2.75) is 24.4 Å². The van der Waals surface area contributed by atoms with E-state index < -0.39 is 21.8 Å². The van der Waals surface area contributed by atoms with E-state index in [2.05, 4.69) is 5.32 Å². The number of nitrogens with one attached hydrogen (secondary N) is 1. The number of rotatable bonds is 2.